The second-order valence-corrected chi connectivity index (χ2v) is 8.78. The van der Waals surface area contributed by atoms with Gasteiger partial charge in [0.1, 0.15) is 5.82 Å². The van der Waals surface area contributed by atoms with Crippen LogP contribution in [0.1, 0.15) is 25.7 Å². The Kier molecular flexibility index (Phi) is 5.28. The highest BCUT2D eigenvalue weighted by Gasteiger charge is 2.41. The lowest BCUT2D eigenvalue weighted by Gasteiger charge is -2.27. The van der Waals surface area contributed by atoms with Crippen molar-refractivity contribution in [2.75, 3.05) is 38.2 Å². The molecular weight excluding hydrogens is 348 g/mol. The van der Waals surface area contributed by atoms with E-state index in [0.717, 1.165) is 48.0 Å². The molecule has 2 aliphatic heterocycles. The van der Waals surface area contributed by atoms with Crippen molar-refractivity contribution >= 4 is 5.82 Å². The quantitative estimate of drug-likeness (QED) is 0.860. The van der Waals surface area contributed by atoms with E-state index in [4.69, 9.17) is 4.74 Å². The van der Waals surface area contributed by atoms with Crippen LogP contribution >= 0.6 is 0 Å². The lowest BCUT2D eigenvalue weighted by molar-refractivity contribution is 0.0545. The molecule has 2 aromatic rings. The molecule has 0 unspecified atom stereocenters. The van der Waals surface area contributed by atoms with Crippen LogP contribution < -0.4 is 5.32 Å². The van der Waals surface area contributed by atoms with Crippen LogP contribution in [0.4, 0.5) is 5.82 Å². The molecule has 28 heavy (non-hydrogen) atoms. The molecule has 1 aromatic heterocycles. The van der Waals surface area contributed by atoms with Crippen LogP contribution in [0.2, 0.25) is 0 Å². The predicted molar refractivity (Wildman–Crippen MR) is 111 cm³/mol. The molecule has 1 aliphatic carbocycles. The second kappa shape index (κ2) is 8.18. The molecule has 1 saturated carbocycles. The van der Waals surface area contributed by atoms with Crippen LogP contribution in [-0.2, 0) is 4.74 Å². The summed E-state index contributed by atoms with van der Waals surface area (Å²) >= 11 is 0. The Morgan fingerprint density at radius 3 is 2.36 bits per heavy atom. The van der Waals surface area contributed by atoms with E-state index in [1.165, 1.54) is 45.3 Å². The van der Waals surface area contributed by atoms with Crippen molar-refractivity contribution in [1.82, 2.24) is 15.1 Å². The number of ether oxygens (including phenoxy) is 1. The summed E-state index contributed by atoms with van der Waals surface area (Å²) in [6.07, 6.45) is 5.01. The minimum atomic E-state index is 0.539. The third-order valence-corrected chi connectivity index (χ3v) is 6.77. The molecule has 5 nitrogen and oxygen atoms in total. The molecule has 3 aliphatic rings. The van der Waals surface area contributed by atoms with Crippen molar-refractivity contribution in [3.8, 4) is 11.3 Å². The summed E-state index contributed by atoms with van der Waals surface area (Å²) in [5.74, 6) is 3.44. The number of hydrogen-bond donors (Lipinski definition) is 1. The number of aromatic nitrogens is 2. The van der Waals surface area contributed by atoms with Gasteiger partial charge in [-0.3, -0.25) is 0 Å². The molecule has 0 amide bonds. The number of nitrogens with zero attached hydrogens (tertiary/aromatic N) is 3. The number of fused-ring (bicyclic) bond motifs is 1. The highest BCUT2D eigenvalue weighted by atomic mass is 16.5. The minimum absolute atomic E-state index is 0.539. The van der Waals surface area contributed by atoms with Crippen molar-refractivity contribution in [3.63, 3.8) is 0 Å². The van der Waals surface area contributed by atoms with Crippen LogP contribution in [-0.4, -0.2) is 54.0 Å². The van der Waals surface area contributed by atoms with E-state index in [-0.39, 0.29) is 0 Å². The Bertz CT molecular complexity index is 746. The minimum Gasteiger partial charge on any atom is -0.381 e. The molecule has 3 heterocycles. The summed E-state index contributed by atoms with van der Waals surface area (Å²) in [6.45, 7) is 5.75. The maximum atomic E-state index is 5.50. The van der Waals surface area contributed by atoms with Gasteiger partial charge in [0.05, 0.1) is 5.69 Å². The van der Waals surface area contributed by atoms with Gasteiger partial charge in [-0.05, 0) is 55.6 Å². The van der Waals surface area contributed by atoms with Crippen molar-refractivity contribution in [3.05, 3.63) is 42.5 Å². The molecule has 148 valence electrons. The van der Waals surface area contributed by atoms with E-state index >= 15 is 0 Å². The smallest absolute Gasteiger partial charge is 0.148 e. The standard InChI is InChI=1S/C23H30N4O/c1-2-4-18(5-3-1)22-6-7-23(26-25-22)24-21-12-19-15-27(16-20(19)13-21)14-17-8-10-28-11-9-17/h1-7,17,19-21H,8-16H2,(H,24,26)/t19-,20+,21+. The fourth-order valence-corrected chi connectivity index (χ4v) is 5.34. The van der Waals surface area contributed by atoms with Crippen LogP contribution in [0.25, 0.3) is 11.3 Å². The van der Waals surface area contributed by atoms with Crippen molar-refractivity contribution in [2.45, 2.75) is 31.7 Å². The molecule has 5 heteroatoms. The van der Waals surface area contributed by atoms with Crippen molar-refractivity contribution < 1.29 is 4.74 Å². The zero-order chi connectivity index (χ0) is 18.8. The van der Waals surface area contributed by atoms with E-state index in [0.29, 0.717) is 6.04 Å². The number of nitrogens with one attached hydrogen (secondary N) is 1. The Morgan fingerprint density at radius 1 is 0.929 bits per heavy atom. The van der Waals surface area contributed by atoms with E-state index < -0.39 is 0 Å². The molecular formula is C23H30N4O. The van der Waals surface area contributed by atoms with Gasteiger partial charge in [-0.2, -0.15) is 0 Å². The van der Waals surface area contributed by atoms with Gasteiger partial charge in [-0.15, -0.1) is 10.2 Å². The zero-order valence-electron chi connectivity index (χ0n) is 16.5. The van der Waals surface area contributed by atoms with E-state index in [2.05, 4.69) is 44.7 Å². The average Bonchev–Trinajstić information content (AvgIpc) is 3.28. The molecule has 0 spiro atoms. The molecule has 1 aromatic carbocycles. The van der Waals surface area contributed by atoms with E-state index in [1.54, 1.807) is 0 Å². The summed E-state index contributed by atoms with van der Waals surface area (Å²) in [4.78, 5) is 2.72. The lowest BCUT2D eigenvalue weighted by atomic mass is 10.00. The van der Waals surface area contributed by atoms with Gasteiger partial charge in [-0.25, -0.2) is 0 Å². The van der Waals surface area contributed by atoms with Crippen molar-refractivity contribution in [2.24, 2.45) is 17.8 Å². The predicted octanol–water partition coefficient (Wildman–Crippen LogP) is 3.69. The fourth-order valence-electron chi connectivity index (χ4n) is 5.34. The molecule has 3 fully saturated rings. The number of rotatable bonds is 5. The van der Waals surface area contributed by atoms with Crippen LogP contribution in [0.15, 0.2) is 42.5 Å². The van der Waals surface area contributed by atoms with Crippen LogP contribution in [0.3, 0.4) is 0 Å². The first-order valence-corrected chi connectivity index (χ1v) is 10.8. The van der Waals surface area contributed by atoms with Crippen molar-refractivity contribution in [1.29, 1.82) is 0 Å². The van der Waals surface area contributed by atoms with Gasteiger partial charge in [-0.1, -0.05) is 30.3 Å². The molecule has 1 N–H and O–H groups in total. The monoisotopic (exact) mass is 378 g/mol. The van der Waals surface area contributed by atoms with E-state index in [9.17, 15) is 0 Å². The number of likely N-dealkylation sites (tertiary alicyclic amines) is 1. The maximum Gasteiger partial charge on any atom is 0.148 e. The molecule has 0 bridgehead atoms. The van der Waals surface area contributed by atoms with Gasteiger partial charge in [0.15, 0.2) is 0 Å². The highest BCUT2D eigenvalue weighted by molar-refractivity contribution is 5.59. The molecule has 5 rings (SSSR count). The third-order valence-electron chi connectivity index (χ3n) is 6.77. The Labute approximate surface area is 167 Å². The summed E-state index contributed by atoms with van der Waals surface area (Å²) in [5, 5.41) is 12.5. The first kappa shape index (κ1) is 18.1. The summed E-state index contributed by atoms with van der Waals surface area (Å²) in [6, 6.07) is 14.9. The normalized spacial score (nSPS) is 28.4. The number of hydrogen-bond acceptors (Lipinski definition) is 5. The SMILES string of the molecule is c1ccc(-c2ccc(N[C@H]3C[C@@H]4CN(CC5CCOCC5)C[C@@H]4C3)nn2)cc1. The van der Waals surface area contributed by atoms with Gasteiger partial charge in [0.2, 0.25) is 0 Å². The fraction of sp³-hybridized carbons (Fsp3) is 0.565. The third kappa shape index (κ3) is 4.06. The Balaban J connectivity index is 1.12. The maximum absolute atomic E-state index is 5.50. The van der Waals surface area contributed by atoms with Crippen LogP contribution in [0.5, 0.6) is 0 Å². The zero-order valence-corrected chi connectivity index (χ0v) is 16.5. The Hall–Kier alpha value is -1.98. The topological polar surface area (TPSA) is 50.3 Å². The first-order chi connectivity index (χ1) is 13.8. The second-order valence-electron chi connectivity index (χ2n) is 8.78. The summed E-state index contributed by atoms with van der Waals surface area (Å²) in [7, 11) is 0. The molecule has 2 saturated heterocycles. The van der Waals surface area contributed by atoms with Gasteiger partial charge < -0.3 is 15.0 Å². The summed E-state index contributed by atoms with van der Waals surface area (Å²) in [5.41, 5.74) is 2.04. The number of benzene rings is 1. The van der Waals surface area contributed by atoms with Gasteiger partial charge in [0, 0.05) is 44.5 Å². The summed E-state index contributed by atoms with van der Waals surface area (Å²) < 4.78 is 5.50. The van der Waals surface area contributed by atoms with Crippen LogP contribution in [0, 0.1) is 17.8 Å². The lowest BCUT2D eigenvalue weighted by Crippen LogP contribution is -2.32. The van der Waals surface area contributed by atoms with Gasteiger partial charge in [0.25, 0.3) is 0 Å². The first-order valence-electron chi connectivity index (χ1n) is 10.8. The molecule has 3 atom stereocenters. The highest BCUT2D eigenvalue weighted by Crippen LogP contribution is 2.39. The largest absolute Gasteiger partial charge is 0.381 e. The Morgan fingerprint density at radius 2 is 1.68 bits per heavy atom. The number of anilines is 1. The van der Waals surface area contributed by atoms with E-state index in [1.807, 2.05) is 18.2 Å². The average molecular weight is 379 g/mol. The molecule has 0 radical (unpaired) electrons. The van der Waals surface area contributed by atoms with Gasteiger partial charge >= 0.3 is 0 Å².